The van der Waals surface area contributed by atoms with Crippen LogP contribution in [0.1, 0.15) is 66.8 Å². The maximum Gasteiger partial charge on any atom is 0.257 e. The lowest BCUT2D eigenvalue weighted by atomic mass is 9.83. The third-order valence-corrected chi connectivity index (χ3v) is 13.1. The van der Waals surface area contributed by atoms with Gasteiger partial charge in [-0.15, -0.1) is 0 Å². The standard InChI is InChI=1S/C37H50N6O3S/c1-28-26-41(37(4)17-21-40(22-18-37)36(44)35-29(2)38-27-39-30(35)3)23-24-43(28)34(25-31-11-7-5-8-12-31)32-15-19-42(20-16-32)47(45,46)33-13-9-6-10-14-33/h5-14,27-28,32,34H,15-26H2,1-4H3/t28-,34-/m0/s1. The molecule has 0 radical (unpaired) electrons. The van der Waals surface area contributed by atoms with Crippen LogP contribution in [0.3, 0.4) is 0 Å². The molecule has 0 unspecified atom stereocenters. The number of rotatable bonds is 8. The fraction of sp³-hybridized carbons (Fsp3) is 0.541. The van der Waals surface area contributed by atoms with Gasteiger partial charge in [-0.2, -0.15) is 4.31 Å². The number of hydrogen-bond acceptors (Lipinski definition) is 7. The Bertz CT molecular complexity index is 1600. The van der Waals surface area contributed by atoms with Crippen molar-refractivity contribution in [1.82, 2.24) is 29.0 Å². The number of sulfonamides is 1. The quantitative estimate of drug-likeness (QED) is 0.344. The van der Waals surface area contributed by atoms with Crippen molar-refractivity contribution >= 4 is 15.9 Å². The molecule has 2 atom stereocenters. The molecule has 47 heavy (non-hydrogen) atoms. The van der Waals surface area contributed by atoms with Crippen LogP contribution in [0.5, 0.6) is 0 Å². The predicted molar refractivity (Wildman–Crippen MR) is 185 cm³/mol. The van der Waals surface area contributed by atoms with E-state index in [-0.39, 0.29) is 11.4 Å². The first-order chi connectivity index (χ1) is 22.6. The SMILES string of the molecule is Cc1ncnc(C)c1C(=O)N1CCC(C)(N2CCN([C@@H](Cc3ccccc3)C3CCN(S(=O)(=O)c4ccccc4)CC3)[C@@H](C)C2)CC1. The minimum atomic E-state index is -3.48. The molecule has 3 saturated heterocycles. The van der Waals surface area contributed by atoms with Gasteiger partial charge in [0.25, 0.3) is 5.91 Å². The van der Waals surface area contributed by atoms with E-state index >= 15 is 0 Å². The molecule has 4 heterocycles. The number of piperazine rings is 1. The average molecular weight is 659 g/mol. The highest BCUT2D eigenvalue weighted by atomic mass is 32.2. The summed E-state index contributed by atoms with van der Waals surface area (Å²) >= 11 is 0. The van der Waals surface area contributed by atoms with Gasteiger partial charge in [0, 0.05) is 63.4 Å². The van der Waals surface area contributed by atoms with Crippen molar-refractivity contribution in [2.75, 3.05) is 45.8 Å². The van der Waals surface area contributed by atoms with Gasteiger partial charge in [0.1, 0.15) is 6.33 Å². The van der Waals surface area contributed by atoms with Crippen LogP contribution in [0.15, 0.2) is 71.9 Å². The fourth-order valence-electron chi connectivity index (χ4n) is 8.18. The summed E-state index contributed by atoms with van der Waals surface area (Å²) in [7, 11) is -3.48. The number of piperidine rings is 2. The largest absolute Gasteiger partial charge is 0.338 e. The topological polar surface area (TPSA) is 90.0 Å². The highest BCUT2D eigenvalue weighted by Crippen LogP contribution is 2.35. The highest BCUT2D eigenvalue weighted by Gasteiger charge is 2.43. The van der Waals surface area contributed by atoms with Crippen LogP contribution in [0.4, 0.5) is 0 Å². The number of likely N-dealkylation sites (tertiary alicyclic amines) is 1. The lowest BCUT2D eigenvalue weighted by Gasteiger charge is -2.54. The summed E-state index contributed by atoms with van der Waals surface area (Å²) in [5.41, 5.74) is 3.51. The van der Waals surface area contributed by atoms with Gasteiger partial charge in [-0.05, 0) is 83.4 Å². The number of hydrogen-bond donors (Lipinski definition) is 0. The van der Waals surface area contributed by atoms with Crippen molar-refractivity contribution in [3.8, 4) is 0 Å². The molecular formula is C37H50N6O3S. The molecule has 0 spiro atoms. The van der Waals surface area contributed by atoms with E-state index in [0.29, 0.717) is 41.6 Å². The van der Waals surface area contributed by atoms with E-state index in [0.717, 1.165) is 76.2 Å². The Balaban J connectivity index is 1.11. The van der Waals surface area contributed by atoms with Crippen LogP contribution >= 0.6 is 0 Å². The van der Waals surface area contributed by atoms with E-state index < -0.39 is 10.0 Å². The van der Waals surface area contributed by atoms with E-state index in [1.165, 1.54) is 11.9 Å². The Morgan fingerprint density at radius 1 is 0.872 bits per heavy atom. The number of aromatic nitrogens is 2. The summed E-state index contributed by atoms with van der Waals surface area (Å²) in [4.78, 5) is 29.7. The zero-order chi connectivity index (χ0) is 33.2. The van der Waals surface area contributed by atoms with Crippen LogP contribution in [0, 0.1) is 19.8 Å². The molecule has 0 saturated carbocycles. The molecule has 0 aliphatic carbocycles. The van der Waals surface area contributed by atoms with E-state index in [2.05, 4.69) is 63.9 Å². The van der Waals surface area contributed by atoms with E-state index in [1.54, 1.807) is 28.6 Å². The predicted octanol–water partition coefficient (Wildman–Crippen LogP) is 4.81. The van der Waals surface area contributed by atoms with Crippen LogP contribution in [-0.2, 0) is 16.4 Å². The summed E-state index contributed by atoms with van der Waals surface area (Å²) < 4.78 is 28.4. The van der Waals surface area contributed by atoms with Gasteiger partial charge in [0.05, 0.1) is 21.8 Å². The first-order valence-electron chi connectivity index (χ1n) is 17.2. The first kappa shape index (κ1) is 33.7. The average Bonchev–Trinajstić information content (AvgIpc) is 3.08. The first-order valence-corrected chi connectivity index (χ1v) is 18.7. The van der Waals surface area contributed by atoms with Crippen LogP contribution in [0.2, 0.25) is 0 Å². The summed E-state index contributed by atoms with van der Waals surface area (Å²) in [6.07, 6.45) is 6.11. The molecule has 0 bridgehead atoms. The molecule has 252 valence electrons. The second kappa shape index (κ2) is 14.1. The molecule has 3 aliphatic heterocycles. The van der Waals surface area contributed by atoms with Gasteiger partial charge in [-0.25, -0.2) is 18.4 Å². The molecule has 1 amide bonds. The molecule has 3 aliphatic rings. The van der Waals surface area contributed by atoms with Gasteiger partial charge in [-0.1, -0.05) is 48.5 Å². The van der Waals surface area contributed by atoms with Crippen molar-refractivity contribution < 1.29 is 13.2 Å². The minimum absolute atomic E-state index is 0.0421. The number of nitrogens with zero attached hydrogens (tertiary/aromatic N) is 6. The Labute approximate surface area is 281 Å². The lowest BCUT2D eigenvalue weighted by molar-refractivity contribution is -0.0412. The highest BCUT2D eigenvalue weighted by molar-refractivity contribution is 7.89. The van der Waals surface area contributed by atoms with Gasteiger partial charge < -0.3 is 4.90 Å². The fourth-order valence-corrected chi connectivity index (χ4v) is 9.67. The third-order valence-electron chi connectivity index (χ3n) is 11.1. The van der Waals surface area contributed by atoms with Gasteiger partial charge >= 0.3 is 0 Å². The normalized spacial score (nSPS) is 22.6. The minimum Gasteiger partial charge on any atom is -0.338 e. The third kappa shape index (κ3) is 7.16. The second-order valence-corrected chi connectivity index (χ2v) is 16.0. The summed E-state index contributed by atoms with van der Waals surface area (Å²) in [6, 6.07) is 20.3. The van der Waals surface area contributed by atoms with E-state index in [9.17, 15) is 13.2 Å². The molecule has 0 N–H and O–H groups in total. The van der Waals surface area contributed by atoms with E-state index in [4.69, 9.17) is 0 Å². The van der Waals surface area contributed by atoms with Gasteiger partial charge in [0.2, 0.25) is 10.0 Å². The molecular weight excluding hydrogens is 609 g/mol. The summed E-state index contributed by atoms with van der Waals surface area (Å²) in [6.45, 7) is 14.1. The molecule has 2 aromatic carbocycles. The molecule has 9 nitrogen and oxygen atoms in total. The van der Waals surface area contributed by atoms with Crippen LogP contribution < -0.4 is 0 Å². The van der Waals surface area contributed by atoms with Crippen LogP contribution in [-0.4, -0.2) is 107 Å². The number of carbonyl (C=O) groups excluding carboxylic acids is 1. The van der Waals surface area contributed by atoms with Crippen LogP contribution in [0.25, 0.3) is 0 Å². The monoisotopic (exact) mass is 658 g/mol. The van der Waals surface area contributed by atoms with Crippen molar-refractivity contribution in [1.29, 1.82) is 0 Å². The number of benzene rings is 2. The van der Waals surface area contributed by atoms with Gasteiger partial charge in [0.15, 0.2) is 0 Å². The Hall–Kier alpha value is -3.18. The number of aryl methyl sites for hydroxylation is 2. The number of amides is 1. The van der Waals surface area contributed by atoms with Crippen molar-refractivity contribution in [3.63, 3.8) is 0 Å². The molecule has 10 heteroatoms. The number of carbonyl (C=O) groups is 1. The summed E-state index contributed by atoms with van der Waals surface area (Å²) in [5, 5.41) is 0. The lowest BCUT2D eigenvalue weighted by Crippen LogP contribution is -2.64. The Morgan fingerprint density at radius 2 is 1.47 bits per heavy atom. The van der Waals surface area contributed by atoms with Crippen molar-refractivity contribution in [2.24, 2.45) is 5.92 Å². The van der Waals surface area contributed by atoms with E-state index in [1.807, 2.05) is 24.8 Å². The molecule has 3 aromatic rings. The smallest absolute Gasteiger partial charge is 0.257 e. The second-order valence-electron chi connectivity index (χ2n) is 14.1. The van der Waals surface area contributed by atoms with Gasteiger partial charge in [-0.3, -0.25) is 14.6 Å². The van der Waals surface area contributed by atoms with Crippen molar-refractivity contribution in [3.05, 3.63) is 89.5 Å². The zero-order valence-corrected chi connectivity index (χ0v) is 29.2. The molecule has 1 aromatic heterocycles. The maximum atomic E-state index is 13.4. The Kier molecular flexibility index (Phi) is 10.1. The molecule has 6 rings (SSSR count). The maximum absolute atomic E-state index is 13.4. The molecule has 3 fully saturated rings. The summed E-state index contributed by atoms with van der Waals surface area (Å²) in [5.74, 6) is 0.470. The van der Waals surface area contributed by atoms with Crippen molar-refractivity contribution in [2.45, 2.75) is 82.3 Å². The Morgan fingerprint density at radius 3 is 2.06 bits per heavy atom. The zero-order valence-electron chi connectivity index (χ0n) is 28.4.